The summed E-state index contributed by atoms with van der Waals surface area (Å²) in [5.74, 6) is 1.38. The maximum atomic E-state index is 6.01. The summed E-state index contributed by atoms with van der Waals surface area (Å²) in [5, 5.41) is 4.10. The molecule has 0 saturated heterocycles. The van der Waals surface area contributed by atoms with E-state index in [0.717, 1.165) is 23.4 Å². The number of methoxy groups -OCH3 is 1. The summed E-state index contributed by atoms with van der Waals surface area (Å²) in [6.45, 7) is 1.48. The van der Waals surface area contributed by atoms with Gasteiger partial charge < -0.3 is 10.1 Å². The van der Waals surface area contributed by atoms with Gasteiger partial charge in [0.15, 0.2) is 0 Å². The van der Waals surface area contributed by atoms with Crippen LogP contribution in [0.2, 0.25) is 5.02 Å². The number of halogens is 2. The summed E-state index contributed by atoms with van der Waals surface area (Å²) >= 11 is 11.8. The minimum absolute atomic E-state index is 0.538. The lowest BCUT2D eigenvalue weighted by atomic mass is 10.1. The second-order valence-corrected chi connectivity index (χ2v) is 5.22. The molecule has 2 nitrogen and oxygen atoms in total. The molecule has 0 aliphatic rings. The van der Waals surface area contributed by atoms with Crippen molar-refractivity contribution in [2.75, 3.05) is 7.11 Å². The lowest BCUT2D eigenvalue weighted by Crippen LogP contribution is -2.13. The summed E-state index contributed by atoms with van der Waals surface area (Å²) in [6.07, 6.45) is 0. The Hall–Kier alpha value is -1.22. The van der Waals surface area contributed by atoms with Crippen molar-refractivity contribution in [1.29, 1.82) is 0 Å². The molecule has 2 rings (SSSR count). The van der Waals surface area contributed by atoms with E-state index in [1.54, 1.807) is 7.11 Å². The molecule has 0 heterocycles. The van der Waals surface area contributed by atoms with Crippen molar-refractivity contribution in [3.8, 4) is 5.75 Å². The van der Waals surface area contributed by atoms with Gasteiger partial charge in [-0.1, -0.05) is 35.9 Å². The summed E-state index contributed by atoms with van der Waals surface area (Å²) < 4.78 is 5.32. The highest BCUT2D eigenvalue weighted by atomic mass is 35.5. The second-order valence-electron chi connectivity index (χ2n) is 4.51. The molecule has 0 fully saturated rings. The van der Waals surface area contributed by atoms with Crippen LogP contribution in [0.3, 0.4) is 0 Å². The average Bonchev–Trinajstić information content (AvgIpc) is 2.48. The van der Waals surface area contributed by atoms with Crippen molar-refractivity contribution in [1.82, 2.24) is 5.32 Å². The molecule has 20 heavy (non-hydrogen) atoms. The molecule has 0 atom stereocenters. The lowest BCUT2D eigenvalue weighted by Gasteiger charge is -2.10. The molecule has 0 aliphatic heterocycles. The Bertz CT molecular complexity index is 572. The molecular formula is C16H17Cl2NO. The van der Waals surface area contributed by atoms with Crippen LogP contribution >= 0.6 is 23.2 Å². The molecule has 106 valence electrons. The van der Waals surface area contributed by atoms with Gasteiger partial charge in [-0.05, 0) is 29.3 Å². The number of rotatable bonds is 6. The van der Waals surface area contributed by atoms with Gasteiger partial charge in [-0.15, -0.1) is 11.6 Å². The topological polar surface area (TPSA) is 21.3 Å². The first-order chi connectivity index (χ1) is 9.72. The molecule has 1 N–H and O–H groups in total. The minimum Gasteiger partial charge on any atom is -0.496 e. The van der Waals surface area contributed by atoms with Crippen LogP contribution in [0.4, 0.5) is 0 Å². The molecule has 0 aromatic heterocycles. The second kappa shape index (κ2) is 7.53. The molecule has 0 bridgehead atoms. The van der Waals surface area contributed by atoms with Crippen molar-refractivity contribution >= 4 is 23.2 Å². The number of ether oxygens (including phenoxy) is 1. The van der Waals surface area contributed by atoms with Crippen LogP contribution in [-0.4, -0.2) is 7.11 Å². The van der Waals surface area contributed by atoms with Gasteiger partial charge in [0.25, 0.3) is 0 Å². The summed E-state index contributed by atoms with van der Waals surface area (Å²) in [4.78, 5) is 0. The van der Waals surface area contributed by atoms with Crippen molar-refractivity contribution in [3.05, 3.63) is 64.2 Å². The van der Waals surface area contributed by atoms with Crippen LogP contribution in [-0.2, 0) is 19.0 Å². The SMILES string of the molecule is COc1ccc(Cl)cc1CNCc1cccc(CCl)c1. The van der Waals surface area contributed by atoms with Gasteiger partial charge in [-0.2, -0.15) is 0 Å². The first-order valence-electron chi connectivity index (χ1n) is 6.40. The van der Waals surface area contributed by atoms with E-state index in [1.807, 2.05) is 30.3 Å². The molecule has 2 aromatic rings. The van der Waals surface area contributed by atoms with Gasteiger partial charge in [0.2, 0.25) is 0 Å². The summed E-state index contributed by atoms with van der Waals surface area (Å²) in [7, 11) is 1.66. The van der Waals surface area contributed by atoms with E-state index in [-0.39, 0.29) is 0 Å². The Morgan fingerprint density at radius 2 is 1.85 bits per heavy atom. The average molecular weight is 310 g/mol. The highest BCUT2D eigenvalue weighted by molar-refractivity contribution is 6.30. The Morgan fingerprint density at radius 3 is 2.60 bits per heavy atom. The van der Waals surface area contributed by atoms with Gasteiger partial charge >= 0.3 is 0 Å². The number of alkyl halides is 1. The molecule has 0 aliphatic carbocycles. The molecule has 0 radical (unpaired) electrons. The van der Waals surface area contributed by atoms with Crippen molar-refractivity contribution < 1.29 is 4.74 Å². The van der Waals surface area contributed by atoms with Crippen LogP contribution in [0.25, 0.3) is 0 Å². The standard InChI is InChI=1S/C16H17Cl2NO/c1-20-16-6-5-15(18)8-14(16)11-19-10-13-4-2-3-12(7-13)9-17/h2-8,19H,9-11H2,1H3. The van der Waals surface area contributed by atoms with E-state index in [2.05, 4.69) is 17.4 Å². The zero-order valence-electron chi connectivity index (χ0n) is 11.3. The molecule has 0 unspecified atom stereocenters. The van der Waals surface area contributed by atoms with Gasteiger partial charge in [0, 0.05) is 29.6 Å². The number of hydrogen-bond acceptors (Lipinski definition) is 2. The van der Waals surface area contributed by atoms with Gasteiger partial charge in [0.05, 0.1) is 7.11 Å². The normalized spacial score (nSPS) is 10.6. The van der Waals surface area contributed by atoms with Gasteiger partial charge in [-0.3, -0.25) is 0 Å². The van der Waals surface area contributed by atoms with Crippen LogP contribution in [0.15, 0.2) is 42.5 Å². The van der Waals surface area contributed by atoms with Crippen LogP contribution in [0, 0.1) is 0 Å². The third kappa shape index (κ3) is 4.14. The Balaban J connectivity index is 1.97. The van der Waals surface area contributed by atoms with E-state index >= 15 is 0 Å². The summed E-state index contributed by atoms with van der Waals surface area (Å²) in [5.41, 5.74) is 3.39. The van der Waals surface area contributed by atoms with Crippen LogP contribution in [0.5, 0.6) is 5.75 Å². The first kappa shape index (κ1) is 15.2. The largest absolute Gasteiger partial charge is 0.496 e. The Labute approximate surface area is 129 Å². The third-order valence-electron chi connectivity index (χ3n) is 3.03. The van der Waals surface area contributed by atoms with E-state index < -0.39 is 0 Å². The molecule has 0 amide bonds. The lowest BCUT2D eigenvalue weighted by molar-refractivity contribution is 0.407. The fraction of sp³-hybridized carbons (Fsp3) is 0.250. The molecule has 2 aromatic carbocycles. The number of nitrogens with one attached hydrogen (secondary N) is 1. The Kier molecular flexibility index (Phi) is 5.72. The van der Waals surface area contributed by atoms with Gasteiger partial charge in [-0.25, -0.2) is 0 Å². The number of benzene rings is 2. The minimum atomic E-state index is 0.538. The number of hydrogen-bond donors (Lipinski definition) is 1. The van der Waals surface area contributed by atoms with Crippen LogP contribution in [0.1, 0.15) is 16.7 Å². The first-order valence-corrected chi connectivity index (χ1v) is 7.31. The predicted molar refractivity (Wildman–Crippen MR) is 84.5 cm³/mol. The van der Waals surface area contributed by atoms with Crippen molar-refractivity contribution in [3.63, 3.8) is 0 Å². The highest BCUT2D eigenvalue weighted by Gasteiger charge is 2.03. The van der Waals surface area contributed by atoms with E-state index in [9.17, 15) is 0 Å². The van der Waals surface area contributed by atoms with Crippen molar-refractivity contribution in [2.24, 2.45) is 0 Å². The third-order valence-corrected chi connectivity index (χ3v) is 3.58. The Morgan fingerprint density at radius 1 is 1.05 bits per heavy atom. The molecule has 4 heteroatoms. The quantitative estimate of drug-likeness (QED) is 0.800. The van der Waals surface area contributed by atoms with Gasteiger partial charge in [0.1, 0.15) is 5.75 Å². The zero-order chi connectivity index (χ0) is 14.4. The van der Waals surface area contributed by atoms with Crippen molar-refractivity contribution in [2.45, 2.75) is 19.0 Å². The van der Waals surface area contributed by atoms with Crippen LogP contribution < -0.4 is 10.1 Å². The van der Waals surface area contributed by atoms with E-state index in [4.69, 9.17) is 27.9 Å². The monoisotopic (exact) mass is 309 g/mol. The molecule has 0 spiro atoms. The maximum absolute atomic E-state index is 6.01. The smallest absolute Gasteiger partial charge is 0.123 e. The fourth-order valence-electron chi connectivity index (χ4n) is 2.05. The zero-order valence-corrected chi connectivity index (χ0v) is 12.8. The molecular weight excluding hydrogens is 293 g/mol. The van der Waals surface area contributed by atoms with E-state index in [0.29, 0.717) is 17.4 Å². The predicted octanol–water partition coefficient (Wildman–Crippen LogP) is 4.38. The fourth-order valence-corrected chi connectivity index (χ4v) is 2.41. The summed E-state index contributed by atoms with van der Waals surface area (Å²) in [6, 6.07) is 13.9. The maximum Gasteiger partial charge on any atom is 0.123 e. The molecule has 0 saturated carbocycles. The van der Waals surface area contributed by atoms with E-state index in [1.165, 1.54) is 5.56 Å². The highest BCUT2D eigenvalue weighted by Crippen LogP contribution is 2.22.